The number of amides is 3. The number of hydrogen-bond donors (Lipinski definition) is 2. The van der Waals surface area contributed by atoms with E-state index in [1.165, 1.54) is 42.5 Å². The van der Waals surface area contributed by atoms with E-state index < -0.39 is 35.4 Å². The zero-order valence-electron chi connectivity index (χ0n) is 26.5. The van der Waals surface area contributed by atoms with Crippen molar-refractivity contribution in [2.75, 3.05) is 48.9 Å². The first-order valence-electron chi connectivity index (χ1n) is 14.9. The van der Waals surface area contributed by atoms with E-state index in [1.807, 2.05) is 19.0 Å². The second-order valence-electron chi connectivity index (χ2n) is 11.1. The molecular formula is C33H32F5N7O3. The molecule has 1 aliphatic heterocycles. The highest BCUT2D eigenvalue weighted by atomic mass is 19.4. The third-order valence-electron chi connectivity index (χ3n) is 7.41. The molecule has 0 bridgehead atoms. The van der Waals surface area contributed by atoms with Gasteiger partial charge in [-0.05, 0) is 82.0 Å². The lowest BCUT2D eigenvalue weighted by Gasteiger charge is -2.31. The molecular weight excluding hydrogens is 637 g/mol. The van der Waals surface area contributed by atoms with E-state index in [0.717, 1.165) is 23.1 Å². The SMILES string of the molecule is CCOc1ccc(N(C(=O)C(F)(F)F)c2ccc(C)c(-c3nc(NCCN(C)C)nc4c3CNC(=O)N4c3c(F)cccc3F)c2)cc1. The normalized spacial score (nSPS) is 12.9. The summed E-state index contributed by atoms with van der Waals surface area (Å²) in [6, 6.07) is 12.2. The summed E-state index contributed by atoms with van der Waals surface area (Å²) >= 11 is 0. The van der Waals surface area contributed by atoms with Gasteiger partial charge in [-0.3, -0.25) is 9.69 Å². The molecule has 0 aliphatic carbocycles. The van der Waals surface area contributed by atoms with Crippen LogP contribution in [0.1, 0.15) is 18.1 Å². The first-order valence-corrected chi connectivity index (χ1v) is 14.9. The number of para-hydroxylation sites is 1. The Kier molecular flexibility index (Phi) is 9.79. The molecule has 0 fully saturated rings. The van der Waals surface area contributed by atoms with E-state index in [0.29, 0.717) is 35.9 Å². The molecule has 3 aromatic carbocycles. The van der Waals surface area contributed by atoms with E-state index in [9.17, 15) is 22.8 Å². The van der Waals surface area contributed by atoms with Gasteiger partial charge >= 0.3 is 18.1 Å². The number of rotatable bonds is 10. The number of aryl methyl sites for hydroxylation is 1. The molecule has 252 valence electrons. The summed E-state index contributed by atoms with van der Waals surface area (Å²) in [5.74, 6) is -3.89. The van der Waals surface area contributed by atoms with Gasteiger partial charge in [0.2, 0.25) is 5.95 Å². The monoisotopic (exact) mass is 669 g/mol. The van der Waals surface area contributed by atoms with Crippen molar-refractivity contribution < 1.29 is 36.3 Å². The first kappa shape index (κ1) is 34.0. The van der Waals surface area contributed by atoms with Crippen LogP contribution in [-0.2, 0) is 11.3 Å². The average molecular weight is 670 g/mol. The van der Waals surface area contributed by atoms with Crippen molar-refractivity contribution in [3.05, 3.63) is 83.4 Å². The summed E-state index contributed by atoms with van der Waals surface area (Å²) in [5, 5.41) is 5.64. The molecule has 2 N–H and O–H groups in total. The van der Waals surface area contributed by atoms with Crippen molar-refractivity contribution in [2.24, 2.45) is 0 Å². The number of benzene rings is 3. The van der Waals surface area contributed by atoms with Gasteiger partial charge in [0, 0.05) is 35.6 Å². The molecule has 3 amide bonds. The van der Waals surface area contributed by atoms with E-state index in [1.54, 1.807) is 13.8 Å². The molecule has 10 nitrogen and oxygen atoms in total. The zero-order chi connectivity index (χ0) is 34.7. The topological polar surface area (TPSA) is 103 Å². The predicted octanol–water partition coefficient (Wildman–Crippen LogP) is 6.69. The van der Waals surface area contributed by atoms with Crippen LogP contribution in [0.15, 0.2) is 60.7 Å². The van der Waals surface area contributed by atoms with Gasteiger partial charge in [0.15, 0.2) is 5.82 Å². The number of halogens is 5. The fourth-order valence-corrected chi connectivity index (χ4v) is 5.13. The van der Waals surface area contributed by atoms with Gasteiger partial charge in [-0.2, -0.15) is 18.2 Å². The van der Waals surface area contributed by atoms with Crippen LogP contribution in [0.4, 0.5) is 55.6 Å². The summed E-state index contributed by atoms with van der Waals surface area (Å²) in [5.41, 5.74) is 0.379. The van der Waals surface area contributed by atoms with Gasteiger partial charge in [-0.15, -0.1) is 0 Å². The quantitative estimate of drug-likeness (QED) is 0.182. The number of carbonyl (C=O) groups is 2. The van der Waals surface area contributed by atoms with Crippen molar-refractivity contribution in [2.45, 2.75) is 26.6 Å². The Bertz CT molecular complexity index is 1810. The fourth-order valence-electron chi connectivity index (χ4n) is 5.13. The van der Waals surface area contributed by atoms with Crippen LogP contribution in [0.25, 0.3) is 11.3 Å². The van der Waals surface area contributed by atoms with Crippen LogP contribution in [0.3, 0.4) is 0 Å². The average Bonchev–Trinajstić information content (AvgIpc) is 3.03. The Morgan fingerprint density at radius 3 is 2.31 bits per heavy atom. The first-order chi connectivity index (χ1) is 22.8. The van der Waals surface area contributed by atoms with E-state index in [-0.39, 0.29) is 46.5 Å². The Labute approximate surface area is 273 Å². The minimum atomic E-state index is -5.23. The largest absolute Gasteiger partial charge is 0.494 e. The van der Waals surface area contributed by atoms with Crippen molar-refractivity contribution >= 4 is 40.8 Å². The van der Waals surface area contributed by atoms with E-state index >= 15 is 8.78 Å². The standard InChI is InChI=1S/C33H32F5N7O3/c1-5-48-22-13-11-20(12-14-22)44(30(46)33(36,37)38)21-10-9-19(2)23(17-21)27-24-18-40-32(47)45(28-25(34)7-6-8-26(28)35)29(24)42-31(41-27)39-15-16-43(3)4/h6-14,17H,5,15-16,18H2,1-4H3,(H,40,47)(H,39,41,42). The van der Waals surface area contributed by atoms with E-state index in [2.05, 4.69) is 20.6 Å². The van der Waals surface area contributed by atoms with Gasteiger partial charge < -0.3 is 20.3 Å². The molecule has 48 heavy (non-hydrogen) atoms. The molecule has 15 heteroatoms. The highest BCUT2D eigenvalue weighted by Crippen LogP contribution is 2.41. The number of anilines is 5. The highest BCUT2D eigenvalue weighted by Gasteiger charge is 2.44. The number of nitrogens with zero attached hydrogens (tertiary/aromatic N) is 5. The van der Waals surface area contributed by atoms with Crippen LogP contribution >= 0.6 is 0 Å². The van der Waals surface area contributed by atoms with Crippen LogP contribution < -0.4 is 25.2 Å². The molecule has 0 radical (unpaired) electrons. The van der Waals surface area contributed by atoms with Crippen molar-refractivity contribution in [1.82, 2.24) is 20.2 Å². The van der Waals surface area contributed by atoms with E-state index in [4.69, 9.17) is 4.74 Å². The number of ether oxygens (including phenoxy) is 1. The molecule has 0 unspecified atom stereocenters. The van der Waals surface area contributed by atoms with Crippen LogP contribution in [-0.4, -0.2) is 66.8 Å². The maximum absolute atomic E-state index is 15.1. The number of fused-ring (bicyclic) bond motifs is 1. The fraction of sp³-hybridized carbons (Fsp3) is 0.273. The minimum Gasteiger partial charge on any atom is -0.494 e. The summed E-state index contributed by atoms with van der Waals surface area (Å²) in [7, 11) is 3.70. The number of hydrogen-bond acceptors (Lipinski definition) is 7. The minimum absolute atomic E-state index is 0.00147. The Balaban J connectivity index is 1.71. The summed E-state index contributed by atoms with van der Waals surface area (Å²) in [6.45, 7) is 4.51. The van der Waals surface area contributed by atoms with Crippen molar-refractivity contribution in [1.29, 1.82) is 0 Å². The Morgan fingerprint density at radius 2 is 1.69 bits per heavy atom. The predicted molar refractivity (Wildman–Crippen MR) is 171 cm³/mol. The highest BCUT2D eigenvalue weighted by molar-refractivity contribution is 6.05. The van der Waals surface area contributed by atoms with Crippen molar-refractivity contribution in [3.8, 4) is 17.0 Å². The molecule has 1 aliphatic rings. The number of nitrogens with one attached hydrogen (secondary N) is 2. The Morgan fingerprint density at radius 1 is 1.02 bits per heavy atom. The lowest BCUT2D eigenvalue weighted by Crippen LogP contribution is -2.43. The molecule has 4 aromatic rings. The third kappa shape index (κ3) is 7.00. The second-order valence-corrected chi connectivity index (χ2v) is 11.1. The lowest BCUT2D eigenvalue weighted by molar-refractivity contribution is -0.169. The van der Waals surface area contributed by atoms with Crippen molar-refractivity contribution in [3.63, 3.8) is 0 Å². The maximum atomic E-state index is 15.1. The number of carbonyl (C=O) groups excluding carboxylic acids is 2. The third-order valence-corrected chi connectivity index (χ3v) is 7.41. The molecule has 0 saturated heterocycles. The molecule has 5 rings (SSSR count). The summed E-state index contributed by atoms with van der Waals surface area (Å²) in [4.78, 5) is 38.4. The van der Waals surface area contributed by atoms with Crippen LogP contribution in [0.2, 0.25) is 0 Å². The molecule has 1 aromatic heterocycles. The number of alkyl halides is 3. The zero-order valence-corrected chi connectivity index (χ0v) is 26.5. The molecule has 0 atom stereocenters. The smallest absolute Gasteiger partial charge is 0.472 e. The number of aromatic nitrogens is 2. The van der Waals surface area contributed by atoms with Gasteiger partial charge in [-0.1, -0.05) is 12.1 Å². The second kappa shape index (κ2) is 13.8. The summed E-state index contributed by atoms with van der Waals surface area (Å²) < 4.78 is 77.5. The molecule has 0 saturated carbocycles. The van der Waals surface area contributed by atoms with Gasteiger partial charge in [0.25, 0.3) is 0 Å². The number of urea groups is 1. The van der Waals surface area contributed by atoms with Crippen LogP contribution in [0.5, 0.6) is 5.75 Å². The van der Waals surface area contributed by atoms with Gasteiger partial charge in [-0.25, -0.2) is 23.5 Å². The molecule has 0 spiro atoms. The lowest BCUT2D eigenvalue weighted by atomic mass is 9.98. The summed E-state index contributed by atoms with van der Waals surface area (Å²) in [6.07, 6.45) is -5.23. The number of likely N-dealkylation sites (N-methyl/N-ethyl adjacent to an activating group) is 1. The van der Waals surface area contributed by atoms with Gasteiger partial charge in [0.1, 0.15) is 23.1 Å². The Hall–Kier alpha value is -5.31. The van der Waals surface area contributed by atoms with Gasteiger partial charge in [0.05, 0.1) is 18.8 Å². The molecule has 2 heterocycles. The maximum Gasteiger partial charge on any atom is 0.472 e. The van der Waals surface area contributed by atoms with Crippen LogP contribution in [0, 0.1) is 18.6 Å².